The van der Waals surface area contributed by atoms with E-state index in [2.05, 4.69) is 0 Å². The Morgan fingerprint density at radius 3 is 2.53 bits per heavy atom. The van der Waals surface area contributed by atoms with Crippen molar-refractivity contribution in [3.8, 4) is 11.5 Å². The Hall–Kier alpha value is -4.59. The van der Waals surface area contributed by atoms with E-state index < -0.39 is 29.3 Å². The molecular formula is C26H18FNO6. The number of ether oxygens (including phenoxy) is 1. The summed E-state index contributed by atoms with van der Waals surface area (Å²) in [5.74, 6) is -2.77. The molecule has 0 radical (unpaired) electrons. The first-order valence-electron chi connectivity index (χ1n) is 10.3. The summed E-state index contributed by atoms with van der Waals surface area (Å²) in [6, 6.07) is 16.7. The highest BCUT2D eigenvalue weighted by molar-refractivity contribution is 6.20. The lowest BCUT2D eigenvalue weighted by atomic mass is 9.94. The molecule has 0 spiro atoms. The first kappa shape index (κ1) is 21.3. The molecule has 2 N–H and O–H groups in total. The number of phenolic OH excluding ortho intramolecular Hbond substituents is 1. The molecule has 0 saturated carbocycles. The van der Waals surface area contributed by atoms with E-state index in [1.165, 1.54) is 43.5 Å². The molecule has 1 amide bonds. The van der Waals surface area contributed by atoms with E-state index in [9.17, 15) is 24.2 Å². The number of methoxy groups -OCH3 is 1. The molecule has 5 rings (SSSR count). The van der Waals surface area contributed by atoms with Crippen LogP contribution in [-0.2, 0) is 4.79 Å². The minimum atomic E-state index is -1.14. The summed E-state index contributed by atoms with van der Waals surface area (Å²) in [6.07, 6.45) is 0. The molecule has 1 aromatic heterocycles. The van der Waals surface area contributed by atoms with Crippen LogP contribution in [0.3, 0.4) is 0 Å². The average molecular weight is 459 g/mol. The molecule has 4 aromatic rings. The van der Waals surface area contributed by atoms with Gasteiger partial charge in [0.05, 0.1) is 18.7 Å². The van der Waals surface area contributed by atoms with Gasteiger partial charge >= 0.3 is 0 Å². The summed E-state index contributed by atoms with van der Waals surface area (Å²) in [5, 5.41) is 21.5. The van der Waals surface area contributed by atoms with Gasteiger partial charge in [0.1, 0.15) is 11.6 Å². The number of hydrogen-bond acceptors (Lipinski definition) is 6. The Balaban J connectivity index is 1.68. The van der Waals surface area contributed by atoms with Gasteiger partial charge < -0.3 is 19.4 Å². The molecule has 8 heteroatoms. The van der Waals surface area contributed by atoms with E-state index in [4.69, 9.17) is 9.15 Å². The topological polar surface area (TPSA) is 100 Å². The van der Waals surface area contributed by atoms with Crippen molar-refractivity contribution >= 4 is 28.3 Å². The van der Waals surface area contributed by atoms with Gasteiger partial charge in [0.15, 0.2) is 22.9 Å². The predicted octanol–water partition coefficient (Wildman–Crippen LogP) is 5.07. The number of anilines is 1. The first-order valence-corrected chi connectivity index (χ1v) is 10.3. The van der Waals surface area contributed by atoms with Gasteiger partial charge in [-0.25, -0.2) is 4.39 Å². The fourth-order valence-corrected chi connectivity index (χ4v) is 4.18. The fourth-order valence-electron chi connectivity index (χ4n) is 4.18. The van der Waals surface area contributed by atoms with Crippen molar-refractivity contribution in [1.29, 1.82) is 0 Å². The molecular weight excluding hydrogens is 441 g/mol. The van der Waals surface area contributed by atoms with Gasteiger partial charge in [0.25, 0.3) is 5.91 Å². The van der Waals surface area contributed by atoms with Gasteiger partial charge in [0.2, 0.25) is 5.78 Å². The SMILES string of the molecule is COc1cccc2cc(C(=O)C3=C(O)C(=O)N(c4cccc(F)c4)C3c3cccc(O)c3)oc12. The first-order chi connectivity index (χ1) is 16.4. The largest absolute Gasteiger partial charge is 0.508 e. The van der Waals surface area contributed by atoms with Gasteiger partial charge in [-0.15, -0.1) is 0 Å². The van der Waals surface area contributed by atoms with Crippen LogP contribution in [0.2, 0.25) is 0 Å². The molecule has 0 bridgehead atoms. The minimum Gasteiger partial charge on any atom is -0.508 e. The fraction of sp³-hybridized carbons (Fsp3) is 0.0769. The number of carbonyl (C=O) groups is 2. The average Bonchev–Trinajstić information content (AvgIpc) is 3.38. The molecule has 1 unspecified atom stereocenters. The smallest absolute Gasteiger partial charge is 0.294 e. The number of para-hydroxylation sites is 1. The van der Waals surface area contributed by atoms with Crippen LogP contribution in [0, 0.1) is 5.82 Å². The van der Waals surface area contributed by atoms with Crippen molar-refractivity contribution in [3.05, 3.63) is 101 Å². The van der Waals surface area contributed by atoms with Crippen molar-refractivity contribution in [2.75, 3.05) is 12.0 Å². The number of ketones is 1. The van der Waals surface area contributed by atoms with Crippen molar-refractivity contribution in [2.45, 2.75) is 6.04 Å². The number of Topliss-reactive ketones (excluding diaryl/α,β-unsaturated/α-hetero) is 1. The van der Waals surface area contributed by atoms with E-state index >= 15 is 0 Å². The van der Waals surface area contributed by atoms with Crippen molar-refractivity contribution in [3.63, 3.8) is 0 Å². The van der Waals surface area contributed by atoms with Crippen LogP contribution in [0.4, 0.5) is 10.1 Å². The number of amides is 1. The van der Waals surface area contributed by atoms with E-state index in [-0.39, 0.29) is 22.8 Å². The zero-order valence-corrected chi connectivity index (χ0v) is 17.9. The number of carbonyl (C=O) groups excluding carboxylic acids is 2. The second-order valence-corrected chi connectivity index (χ2v) is 7.73. The van der Waals surface area contributed by atoms with Crippen molar-refractivity contribution in [2.24, 2.45) is 0 Å². The molecule has 34 heavy (non-hydrogen) atoms. The zero-order valence-electron chi connectivity index (χ0n) is 17.9. The molecule has 3 aromatic carbocycles. The summed E-state index contributed by atoms with van der Waals surface area (Å²) in [4.78, 5) is 27.9. The highest BCUT2D eigenvalue weighted by Crippen LogP contribution is 2.43. The van der Waals surface area contributed by atoms with E-state index in [0.29, 0.717) is 22.3 Å². The van der Waals surface area contributed by atoms with E-state index in [0.717, 1.165) is 11.0 Å². The highest BCUT2D eigenvalue weighted by Gasteiger charge is 2.45. The van der Waals surface area contributed by atoms with Crippen LogP contribution in [0.15, 0.2) is 88.5 Å². The number of phenols is 1. The maximum atomic E-state index is 14.0. The molecule has 170 valence electrons. The number of aliphatic hydroxyl groups excluding tert-OH is 1. The minimum absolute atomic E-state index is 0.101. The summed E-state index contributed by atoms with van der Waals surface area (Å²) < 4.78 is 25.0. The van der Waals surface area contributed by atoms with E-state index in [1.54, 1.807) is 30.3 Å². The Kier molecular flexibility index (Phi) is 5.05. The van der Waals surface area contributed by atoms with Crippen LogP contribution in [0.1, 0.15) is 22.2 Å². The summed E-state index contributed by atoms with van der Waals surface area (Å²) in [6.45, 7) is 0. The van der Waals surface area contributed by atoms with Crippen LogP contribution in [0.5, 0.6) is 11.5 Å². The summed E-state index contributed by atoms with van der Waals surface area (Å²) in [7, 11) is 1.47. The molecule has 1 atom stereocenters. The lowest BCUT2D eigenvalue weighted by Crippen LogP contribution is -2.31. The number of halogens is 1. The number of aromatic hydroxyl groups is 1. The number of rotatable bonds is 5. The van der Waals surface area contributed by atoms with Gasteiger partial charge in [0, 0.05) is 11.1 Å². The number of fused-ring (bicyclic) bond motifs is 1. The number of benzene rings is 3. The third-order valence-corrected chi connectivity index (χ3v) is 5.68. The summed E-state index contributed by atoms with van der Waals surface area (Å²) >= 11 is 0. The number of nitrogens with zero attached hydrogens (tertiary/aromatic N) is 1. The zero-order chi connectivity index (χ0) is 24.0. The second kappa shape index (κ2) is 8.08. The third kappa shape index (κ3) is 3.36. The van der Waals surface area contributed by atoms with Crippen molar-refractivity contribution in [1.82, 2.24) is 0 Å². The Morgan fingerprint density at radius 2 is 1.79 bits per heavy atom. The molecule has 0 aliphatic carbocycles. The quantitative estimate of drug-likeness (QED) is 0.404. The molecule has 0 fully saturated rings. The third-order valence-electron chi connectivity index (χ3n) is 5.68. The number of aliphatic hydroxyl groups is 1. The standard InChI is InChI=1S/C26H18FNO6/c1-33-19-10-3-6-15-12-20(34-25(15)19)23(30)21-22(14-5-2-9-18(29)11-14)28(26(32)24(21)31)17-8-4-7-16(27)13-17/h2-13,22,29,31H,1H3. The molecule has 1 aliphatic heterocycles. The van der Waals surface area contributed by atoms with Crippen molar-refractivity contribution < 1.29 is 33.3 Å². The van der Waals surface area contributed by atoms with Crippen LogP contribution in [0.25, 0.3) is 11.0 Å². The maximum absolute atomic E-state index is 14.0. The predicted molar refractivity (Wildman–Crippen MR) is 121 cm³/mol. The Morgan fingerprint density at radius 1 is 1.03 bits per heavy atom. The van der Waals surface area contributed by atoms with Gasteiger partial charge in [-0.1, -0.05) is 30.3 Å². The maximum Gasteiger partial charge on any atom is 0.294 e. The van der Waals surface area contributed by atoms with E-state index in [1.807, 2.05) is 0 Å². The summed E-state index contributed by atoms with van der Waals surface area (Å²) in [5.41, 5.74) is 0.573. The second-order valence-electron chi connectivity index (χ2n) is 7.73. The number of hydrogen-bond donors (Lipinski definition) is 2. The Bertz CT molecular complexity index is 1490. The van der Waals surface area contributed by atoms with Crippen LogP contribution >= 0.6 is 0 Å². The molecule has 1 aliphatic rings. The Labute approximate surface area is 192 Å². The van der Waals surface area contributed by atoms with Gasteiger partial charge in [-0.05, 0) is 48.0 Å². The van der Waals surface area contributed by atoms with Gasteiger partial charge in [-0.3, -0.25) is 14.5 Å². The van der Waals surface area contributed by atoms with Gasteiger partial charge in [-0.2, -0.15) is 0 Å². The molecule has 2 heterocycles. The van der Waals surface area contributed by atoms with Crippen LogP contribution < -0.4 is 9.64 Å². The lowest BCUT2D eigenvalue weighted by Gasteiger charge is -2.26. The lowest BCUT2D eigenvalue weighted by molar-refractivity contribution is -0.117. The molecule has 7 nitrogen and oxygen atoms in total. The monoisotopic (exact) mass is 459 g/mol. The highest BCUT2D eigenvalue weighted by atomic mass is 19.1. The number of furan rings is 1. The normalized spacial score (nSPS) is 15.9. The molecule has 0 saturated heterocycles. The van der Waals surface area contributed by atoms with Crippen LogP contribution in [-0.4, -0.2) is 29.0 Å².